The summed E-state index contributed by atoms with van der Waals surface area (Å²) in [5, 5.41) is 11.4. The Kier molecular flexibility index (Phi) is 7.19. The third kappa shape index (κ3) is 5.93. The quantitative estimate of drug-likeness (QED) is 0.736. The Bertz CT molecular complexity index is 989. The van der Waals surface area contributed by atoms with E-state index in [1.807, 2.05) is 20.8 Å². The van der Waals surface area contributed by atoms with E-state index in [9.17, 15) is 14.7 Å². The van der Waals surface area contributed by atoms with Crippen LogP contribution in [0.5, 0.6) is 5.75 Å². The summed E-state index contributed by atoms with van der Waals surface area (Å²) in [6, 6.07) is 6.87. The van der Waals surface area contributed by atoms with Crippen molar-refractivity contribution < 1.29 is 14.6 Å². The van der Waals surface area contributed by atoms with Gasteiger partial charge in [0.1, 0.15) is 5.60 Å². The first-order valence-corrected chi connectivity index (χ1v) is 10.8. The topological polar surface area (TPSA) is 75.0 Å². The highest BCUT2D eigenvalue weighted by Gasteiger charge is 2.26. The molecule has 1 aromatic heterocycles. The lowest BCUT2D eigenvalue weighted by atomic mass is 10.2. The van der Waals surface area contributed by atoms with Crippen LogP contribution in [-0.4, -0.2) is 57.3 Å². The first-order valence-electron chi connectivity index (χ1n) is 10.1. The Hall–Kier alpha value is -2.22. The van der Waals surface area contributed by atoms with Gasteiger partial charge < -0.3 is 19.3 Å². The molecule has 1 aliphatic heterocycles. The lowest BCUT2D eigenvalue weighted by Gasteiger charge is -2.35. The number of hydrogen-bond acceptors (Lipinski definition) is 5. The Morgan fingerprint density at radius 1 is 1.06 bits per heavy atom. The van der Waals surface area contributed by atoms with Gasteiger partial charge in [-0.25, -0.2) is 4.79 Å². The van der Waals surface area contributed by atoms with Crippen molar-refractivity contribution in [3.8, 4) is 5.75 Å². The number of rotatable bonds is 4. The number of piperazine rings is 1. The van der Waals surface area contributed by atoms with Gasteiger partial charge in [0.2, 0.25) is 0 Å². The number of aromatic hydroxyl groups is 1. The average Bonchev–Trinajstić information content (AvgIpc) is 2.69. The Balaban J connectivity index is 1.64. The fraction of sp³-hybridized carbons (Fsp3) is 0.455. The number of hydrogen-bond donors (Lipinski definition) is 1. The average molecular weight is 468 g/mol. The van der Waals surface area contributed by atoms with E-state index in [4.69, 9.17) is 27.9 Å². The number of carbonyl (C=O) groups is 1. The summed E-state index contributed by atoms with van der Waals surface area (Å²) < 4.78 is 6.79. The van der Waals surface area contributed by atoms with Gasteiger partial charge in [0, 0.05) is 60.1 Å². The number of amides is 1. The maximum Gasteiger partial charge on any atom is 0.410 e. The summed E-state index contributed by atoms with van der Waals surface area (Å²) in [5.74, 6) is -0.291. The second kappa shape index (κ2) is 9.51. The lowest BCUT2D eigenvalue weighted by Crippen LogP contribution is -2.49. The minimum absolute atomic E-state index is 0.166. The van der Waals surface area contributed by atoms with E-state index >= 15 is 0 Å². The van der Waals surface area contributed by atoms with Crippen molar-refractivity contribution in [1.29, 1.82) is 0 Å². The summed E-state index contributed by atoms with van der Waals surface area (Å²) in [4.78, 5) is 28.6. The number of benzene rings is 1. The molecule has 2 heterocycles. The van der Waals surface area contributed by atoms with Gasteiger partial charge in [0.05, 0.1) is 6.54 Å². The monoisotopic (exact) mass is 467 g/mol. The molecule has 1 saturated heterocycles. The molecule has 1 N–H and O–H groups in total. The predicted molar refractivity (Wildman–Crippen MR) is 121 cm³/mol. The number of nitrogens with zero attached hydrogens (tertiary/aromatic N) is 3. The standard InChI is InChI=1S/C22H27Cl2N3O4/c1-22(2,3)31-21(30)26-11-9-25(10-12-26)13-15-7-8-27(20(29)19(15)28)14-16-17(23)5-4-6-18(16)24/h4-8,28H,9-14H2,1-3H3. The Labute approximate surface area is 191 Å². The normalized spacial score (nSPS) is 15.2. The molecule has 9 heteroatoms. The summed E-state index contributed by atoms with van der Waals surface area (Å²) in [6.45, 7) is 8.39. The second-order valence-electron chi connectivity index (χ2n) is 8.57. The van der Waals surface area contributed by atoms with Crippen molar-refractivity contribution in [2.24, 2.45) is 0 Å². The molecule has 0 radical (unpaired) electrons. The van der Waals surface area contributed by atoms with Gasteiger partial charge in [-0.2, -0.15) is 0 Å². The van der Waals surface area contributed by atoms with Crippen molar-refractivity contribution in [3.05, 3.63) is 62.0 Å². The van der Waals surface area contributed by atoms with Gasteiger partial charge in [-0.05, 0) is 39.0 Å². The highest BCUT2D eigenvalue weighted by molar-refractivity contribution is 6.35. The molecule has 0 bridgehead atoms. The fourth-order valence-electron chi connectivity index (χ4n) is 3.36. The number of halogens is 2. The van der Waals surface area contributed by atoms with Gasteiger partial charge in [0.15, 0.2) is 5.75 Å². The van der Waals surface area contributed by atoms with Crippen LogP contribution < -0.4 is 5.56 Å². The van der Waals surface area contributed by atoms with E-state index < -0.39 is 11.2 Å². The molecule has 1 aromatic carbocycles. The van der Waals surface area contributed by atoms with Crippen LogP contribution in [0.4, 0.5) is 4.79 Å². The van der Waals surface area contributed by atoms with E-state index in [0.717, 1.165) is 0 Å². The van der Waals surface area contributed by atoms with E-state index in [-0.39, 0.29) is 18.4 Å². The van der Waals surface area contributed by atoms with Crippen molar-refractivity contribution in [2.45, 2.75) is 39.5 Å². The maximum absolute atomic E-state index is 12.7. The van der Waals surface area contributed by atoms with Crippen LogP contribution in [0.2, 0.25) is 10.0 Å². The molecule has 168 valence electrons. The molecule has 1 fully saturated rings. The fourth-order valence-corrected chi connectivity index (χ4v) is 3.88. The molecule has 7 nitrogen and oxygen atoms in total. The molecule has 0 aliphatic carbocycles. The molecular formula is C22H27Cl2N3O4. The molecule has 1 aliphatic rings. The third-order valence-electron chi connectivity index (χ3n) is 5.03. The van der Waals surface area contributed by atoms with E-state index in [2.05, 4.69) is 4.90 Å². The van der Waals surface area contributed by atoms with Crippen LogP contribution in [0.25, 0.3) is 0 Å². The number of ether oxygens (including phenoxy) is 1. The van der Waals surface area contributed by atoms with Crippen LogP contribution in [0.3, 0.4) is 0 Å². The number of aromatic nitrogens is 1. The minimum atomic E-state index is -0.530. The number of carbonyl (C=O) groups excluding carboxylic acids is 1. The van der Waals surface area contributed by atoms with Crippen molar-refractivity contribution in [2.75, 3.05) is 26.2 Å². The van der Waals surface area contributed by atoms with E-state index in [0.29, 0.717) is 53.9 Å². The molecule has 2 aromatic rings. The summed E-state index contributed by atoms with van der Waals surface area (Å²) in [5.41, 5.74) is 0.134. The van der Waals surface area contributed by atoms with Crippen LogP contribution in [0, 0.1) is 0 Å². The van der Waals surface area contributed by atoms with Crippen LogP contribution in [-0.2, 0) is 17.8 Å². The molecule has 1 amide bonds. The largest absolute Gasteiger partial charge is 0.503 e. The Morgan fingerprint density at radius 3 is 2.26 bits per heavy atom. The second-order valence-corrected chi connectivity index (χ2v) is 9.38. The zero-order valence-electron chi connectivity index (χ0n) is 17.9. The SMILES string of the molecule is CC(C)(C)OC(=O)N1CCN(Cc2ccn(Cc3c(Cl)cccc3Cl)c(=O)c2O)CC1. The highest BCUT2D eigenvalue weighted by Crippen LogP contribution is 2.25. The minimum Gasteiger partial charge on any atom is -0.503 e. The van der Waals surface area contributed by atoms with Gasteiger partial charge in [-0.1, -0.05) is 29.3 Å². The zero-order chi connectivity index (χ0) is 22.8. The van der Waals surface area contributed by atoms with Crippen LogP contribution >= 0.6 is 23.2 Å². The maximum atomic E-state index is 12.7. The van der Waals surface area contributed by atoms with Crippen molar-refractivity contribution in [1.82, 2.24) is 14.4 Å². The molecular weight excluding hydrogens is 441 g/mol. The third-order valence-corrected chi connectivity index (χ3v) is 5.74. The number of pyridine rings is 1. The van der Waals surface area contributed by atoms with Crippen molar-refractivity contribution in [3.63, 3.8) is 0 Å². The first kappa shape index (κ1) is 23.4. The Morgan fingerprint density at radius 2 is 1.68 bits per heavy atom. The molecule has 0 unspecified atom stereocenters. The summed E-state index contributed by atoms with van der Waals surface area (Å²) in [6.07, 6.45) is 1.31. The van der Waals surface area contributed by atoms with Crippen LogP contribution in [0.1, 0.15) is 31.9 Å². The molecule has 3 rings (SSSR count). The van der Waals surface area contributed by atoms with E-state index in [1.165, 1.54) is 4.57 Å². The van der Waals surface area contributed by atoms with Crippen molar-refractivity contribution >= 4 is 29.3 Å². The summed E-state index contributed by atoms with van der Waals surface area (Å²) in [7, 11) is 0. The summed E-state index contributed by atoms with van der Waals surface area (Å²) >= 11 is 12.4. The highest BCUT2D eigenvalue weighted by atomic mass is 35.5. The predicted octanol–water partition coefficient (Wildman–Crippen LogP) is 3.96. The van der Waals surface area contributed by atoms with Gasteiger partial charge in [-0.15, -0.1) is 0 Å². The van der Waals surface area contributed by atoms with E-state index in [1.54, 1.807) is 35.4 Å². The smallest absolute Gasteiger partial charge is 0.410 e. The first-order chi connectivity index (χ1) is 14.5. The molecule has 31 heavy (non-hydrogen) atoms. The molecule has 0 atom stereocenters. The lowest BCUT2D eigenvalue weighted by molar-refractivity contribution is 0.0138. The van der Waals surface area contributed by atoms with Gasteiger partial charge >= 0.3 is 6.09 Å². The molecule has 0 spiro atoms. The zero-order valence-corrected chi connectivity index (χ0v) is 19.4. The molecule has 0 saturated carbocycles. The van der Waals surface area contributed by atoms with Gasteiger partial charge in [0.25, 0.3) is 5.56 Å². The van der Waals surface area contributed by atoms with Crippen LogP contribution in [0.15, 0.2) is 35.3 Å². The van der Waals surface area contributed by atoms with Gasteiger partial charge in [-0.3, -0.25) is 9.69 Å².